The van der Waals surface area contributed by atoms with Crippen LogP contribution in [0, 0.1) is 5.92 Å². The smallest absolute Gasteiger partial charge is 0.0630 e. The molecule has 3 heteroatoms. The summed E-state index contributed by atoms with van der Waals surface area (Å²) in [5.74, 6) is 1.35. The van der Waals surface area contributed by atoms with Crippen molar-refractivity contribution in [3.8, 4) is 0 Å². The summed E-state index contributed by atoms with van der Waals surface area (Å²) in [5.41, 5.74) is 2.65. The van der Waals surface area contributed by atoms with Crippen molar-refractivity contribution in [1.29, 1.82) is 0 Å². The van der Waals surface area contributed by atoms with Crippen LogP contribution in [0.2, 0.25) is 0 Å². The molecule has 0 bridgehead atoms. The molecular formula is C13H23N3. The molecule has 0 spiro atoms. The molecule has 1 atom stereocenters. The van der Waals surface area contributed by atoms with Crippen LogP contribution in [-0.2, 0) is 13.5 Å². The maximum absolute atomic E-state index is 4.61. The molecule has 2 rings (SSSR count). The Morgan fingerprint density at radius 3 is 3.00 bits per heavy atom. The number of aromatic nitrogens is 2. The van der Waals surface area contributed by atoms with Crippen LogP contribution in [-0.4, -0.2) is 22.9 Å². The molecule has 2 heterocycles. The molecule has 90 valence electrons. The van der Waals surface area contributed by atoms with Crippen molar-refractivity contribution < 1.29 is 0 Å². The van der Waals surface area contributed by atoms with Crippen molar-refractivity contribution in [2.45, 2.75) is 39.0 Å². The largest absolute Gasteiger partial charge is 0.316 e. The molecule has 0 saturated carbocycles. The molecule has 3 nitrogen and oxygen atoms in total. The highest BCUT2D eigenvalue weighted by Gasteiger charge is 2.19. The monoisotopic (exact) mass is 221 g/mol. The van der Waals surface area contributed by atoms with Gasteiger partial charge in [0.05, 0.1) is 5.69 Å². The fraction of sp³-hybridized carbons (Fsp3) is 0.769. The van der Waals surface area contributed by atoms with Gasteiger partial charge in [0, 0.05) is 25.2 Å². The Bertz CT molecular complexity index is 335. The number of hydrogen-bond donors (Lipinski definition) is 1. The number of rotatable bonds is 3. The number of nitrogens with one attached hydrogen (secondary N) is 1. The third-order valence-corrected chi connectivity index (χ3v) is 3.30. The molecule has 1 saturated heterocycles. The highest BCUT2D eigenvalue weighted by molar-refractivity contribution is 5.16. The summed E-state index contributed by atoms with van der Waals surface area (Å²) >= 11 is 0. The molecule has 16 heavy (non-hydrogen) atoms. The lowest BCUT2D eigenvalue weighted by atomic mass is 9.95. The van der Waals surface area contributed by atoms with E-state index in [0.29, 0.717) is 11.8 Å². The molecule has 1 N–H and O–H groups in total. The molecule has 1 aromatic heterocycles. The quantitative estimate of drug-likeness (QED) is 0.847. The SMILES string of the molecule is CC(C)Cc1cc(C2CCCNC2)n(C)n1. The Labute approximate surface area is 98.2 Å². The van der Waals surface area contributed by atoms with Crippen molar-refractivity contribution in [2.24, 2.45) is 13.0 Å². The maximum atomic E-state index is 4.61. The standard InChI is InChI=1S/C13H23N3/c1-10(2)7-12-8-13(16(3)15-12)11-5-4-6-14-9-11/h8,10-11,14H,4-7,9H2,1-3H3. The van der Waals surface area contributed by atoms with E-state index in [2.05, 4.69) is 42.1 Å². The van der Waals surface area contributed by atoms with Crippen LogP contribution >= 0.6 is 0 Å². The molecule has 1 fully saturated rings. The Kier molecular flexibility index (Phi) is 3.64. The van der Waals surface area contributed by atoms with Crippen molar-refractivity contribution in [2.75, 3.05) is 13.1 Å². The van der Waals surface area contributed by atoms with Gasteiger partial charge >= 0.3 is 0 Å². The van der Waals surface area contributed by atoms with E-state index in [1.807, 2.05) is 0 Å². The average molecular weight is 221 g/mol. The first-order valence-corrected chi connectivity index (χ1v) is 6.40. The molecule has 1 aliphatic heterocycles. The van der Waals surface area contributed by atoms with Crippen molar-refractivity contribution in [3.63, 3.8) is 0 Å². The van der Waals surface area contributed by atoms with Crippen LogP contribution < -0.4 is 5.32 Å². The van der Waals surface area contributed by atoms with Crippen molar-refractivity contribution in [1.82, 2.24) is 15.1 Å². The summed E-state index contributed by atoms with van der Waals surface area (Å²) < 4.78 is 2.08. The van der Waals surface area contributed by atoms with E-state index in [1.165, 1.54) is 30.8 Å². The lowest BCUT2D eigenvalue weighted by molar-refractivity contribution is 0.441. The zero-order valence-electron chi connectivity index (χ0n) is 10.7. The number of aryl methyl sites for hydroxylation is 1. The van der Waals surface area contributed by atoms with E-state index in [4.69, 9.17) is 0 Å². The summed E-state index contributed by atoms with van der Waals surface area (Å²) in [5, 5.41) is 8.08. The van der Waals surface area contributed by atoms with Gasteiger partial charge in [0.1, 0.15) is 0 Å². The molecule has 0 amide bonds. The predicted molar refractivity (Wildman–Crippen MR) is 66.6 cm³/mol. The minimum Gasteiger partial charge on any atom is -0.316 e. The predicted octanol–water partition coefficient (Wildman–Crippen LogP) is 2.09. The summed E-state index contributed by atoms with van der Waals surface area (Å²) in [7, 11) is 2.08. The highest BCUT2D eigenvalue weighted by atomic mass is 15.3. The van der Waals surface area contributed by atoms with E-state index < -0.39 is 0 Å². The fourth-order valence-corrected chi connectivity index (χ4v) is 2.55. The van der Waals surface area contributed by atoms with Gasteiger partial charge in [-0.15, -0.1) is 0 Å². The van der Waals surface area contributed by atoms with E-state index in [1.54, 1.807) is 0 Å². The Morgan fingerprint density at radius 2 is 2.38 bits per heavy atom. The minimum atomic E-state index is 0.659. The third-order valence-electron chi connectivity index (χ3n) is 3.30. The van der Waals surface area contributed by atoms with Gasteiger partial charge in [0.15, 0.2) is 0 Å². The summed E-state index contributed by atoms with van der Waals surface area (Å²) in [6.07, 6.45) is 3.68. The van der Waals surface area contributed by atoms with Gasteiger partial charge in [-0.3, -0.25) is 4.68 Å². The molecule has 1 unspecified atom stereocenters. The van der Waals surface area contributed by atoms with E-state index >= 15 is 0 Å². The van der Waals surface area contributed by atoms with Crippen LogP contribution in [0.4, 0.5) is 0 Å². The normalized spacial score (nSPS) is 21.6. The van der Waals surface area contributed by atoms with E-state index in [9.17, 15) is 0 Å². The van der Waals surface area contributed by atoms with Gasteiger partial charge < -0.3 is 5.32 Å². The number of nitrogens with zero attached hydrogens (tertiary/aromatic N) is 2. The highest BCUT2D eigenvalue weighted by Crippen LogP contribution is 2.24. The Balaban J connectivity index is 2.10. The Hall–Kier alpha value is -0.830. The van der Waals surface area contributed by atoms with Crippen molar-refractivity contribution >= 4 is 0 Å². The van der Waals surface area contributed by atoms with Crippen molar-refractivity contribution in [3.05, 3.63) is 17.5 Å². The van der Waals surface area contributed by atoms with E-state index in [-0.39, 0.29) is 0 Å². The molecule has 1 aliphatic rings. The first-order chi connectivity index (χ1) is 7.66. The molecule has 0 aromatic carbocycles. The second-order valence-corrected chi connectivity index (χ2v) is 5.33. The molecule has 1 aromatic rings. The van der Waals surface area contributed by atoms with E-state index in [0.717, 1.165) is 13.0 Å². The van der Waals surface area contributed by atoms with Gasteiger partial charge in [-0.2, -0.15) is 5.10 Å². The summed E-state index contributed by atoms with van der Waals surface area (Å²) in [6.45, 7) is 6.78. The molecule has 0 aliphatic carbocycles. The fourth-order valence-electron chi connectivity index (χ4n) is 2.55. The minimum absolute atomic E-state index is 0.659. The summed E-state index contributed by atoms with van der Waals surface area (Å²) in [4.78, 5) is 0. The van der Waals surface area contributed by atoms with Gasteiger partial charge in [-0.05, 0) is 37.8 Å². The lowest BCUT2D eigenvalue weighted by Gasteiger charge is -2.22. The van der Waals surface area contributed by atoms with Crippen LogP contribution in [0.5, 0.6) is 0 Å². The van der Waals surface area contributed by atoms with Gasteiger partial charge in [-0.25, -0.2) is 0 Å². The zero-order valence-corrected chi connectivity index (χ0v) is 10.7. The topological polar surface area (TPSA) is 29.9 Å². The molecular weight excluding hydrogens is 198 g/mol. The van der Waals surface area contributed by atoms with Gasteiger partial charge in [0.25, 0.3) is 0 Å². The zero-order chi connectivity index (χ0) is 11.5. The van der Waals surface area contributed by atoms with Gasteiger partial charge in [0.2, 0.25) is 0 Å². The first kappa shape index (κ1) is 11.6. The Morgan fingerprint density at radius 1 is 1.56 bits per heavy atom. The second kappa shape index (κ2) is 5.00. The van der Waals surface area contributed by atoms with Gasteiger partial charge in [-0.1, -0.05) is 13.8 Å². The number of hydrogen-bond acceptors (Lipinski definition) is 2. The lowest BCUT2D eigenvalue weighted by Crippen LogP contribution is -2.29. The molecule has 0 radical (unpaired) electrons. The third kappa shape index (κ3) is 2.64. The second-order valence-electron chi connectivity index (χ2n) is 5.33. The summed E-state index contributed by atoms with van der Waals surface area (Å²) in [6, 6.07) is 2.30. The van der Waals surface area contributed by atoms with Crippen LogP contribution in [0.1, 0.15) is 44.0 Å². The van der Waals surface area contributed by atoms with Crippen LogP contribution in [0.25, 0.3) is 0 Å². The van der Waals surface area contributed by atoms with Crippen LogP contribution in [0.3, 0.4) is 0 Å². The average Bonchev–Trinajstić information content (AvgIpc) is 2.60. The maximum Gasteiger partial charge on any atom is 0.0630 e. The first-order valence-electron chi connectivity index (χ1n) is 6.40. The number of piperidine rings is 1. The van der Waals surface area contributed by atoms with Crippen LogP contribution in [0.15, 0.2) is 6.07 Å².